The number of amides is 1. The summed E-state index contributed by atoms with van der Waals surface area (Å²) in [4.78, 5) is 34.6. The van der Waals surface area contributed by atoms with Crippen molar-refractivity contribution in [1.82, 2.24) is 0 Å². The van der Waals surface area contributed by atoms with E-state index in [9.17, 15) is 19.7 Å². The lowest BCUT2D eigenvalue weighted by atomic mass is 10.1. The zero-order valence-corrected chi connectivity index (χ0v) is 11.3. The third-order valence-electron chi connectivity index (χ3n) is 3.12. The highest BCUT2D eigenvalue weighted by atomic mass is 35.5. The second-order valence-electron chi connectivity index (χ2n) is 4.32. The molecule has 0 unspecified atom stereocenters. The molecule has 1 saturated heterocycles. The molecule has 2 rings (SSSR count). The number of carbonyl (C=O) groups is 2. The number of nitrogens with zero attached hydrogens (tertiary/aromatic N) is 2. The van der Waals surface area contributed by atoms with Crippen LogP contribution in [0.1, 0.15) is 6.42 Å². The number of hydrogen-bond donors (Lipinski definition) is 0. The molecule has 0 bridgehead atoms. The van der Waals surface area contributed by atoms with E-state index in [4.69, 9.17) is 16.3 Å². The highest BCUT2D eigenvalue weighted by Crippen LogP contribution is 2.34. The molecule has 106 valence electrons. The first-order valence-corrected chi connectivity index (χ1v) is 6.14. The third kappa shape index (κ3) is 2.57. The van der Waals surface area contributed by atoms with Crippen LogP contribution in [0, 0.1) is 16.0 Å². The van der Waals surface area contributed by atoms with Crippen molar-refractivity contribution in [3.63, 3.8) is 0 Å². The van der Waals surface area contributed by atoms with Gasteiger partial charge in [0.1, 0.15) is 0 Å². The molecule has 7 nitrogen and oxygen atoms in total. The number of anilines is 1. The Kier molecular flexibility index (Phi) is 3.89. The number of ether oxygens (including phenoxy) is 1. The predicted octanol–water partition coefficient (Wildman–Crippen LogP) is 1.72. The van der Waals surface area contributed by atoms with Gasteiger partial charge >= 0.3 is 5.69 Å². The smallest absolute Gasteiger partial charge is 0.312 e. The normalized spacial score (nSPS) is 18.2. The first-order chi connectivity index (χ1) is 9.43. The highest BCUT2D eigenvalue weighted by Gasteiger charge is 2.35. The minimum atomic E-state index is -0.590. The van der Waals surface area contributed by atoms with Gasteiger partial charge in [-0.05, 0) is 23.7 Å². The van der Waals surface area contributed by atoms with Crippen LogP contribution in [0.15, 0.2) is 18.2 Å². The summed E-state index contributed by atoms with van der Waals surface area (Å²) in [6.45, 7) is 0.130. The number of rotatable bonds is 4. The Balaban J connectivity index is 2.34. The Hall–Kier alpha value is -2.15. The molecule has 0 aliphatic carbocycles. The molecule has 0 N–H and O–H groups in total. The van der Waals surface area contributed by atoms with E-state index in [2.05, 4.69) is 0 Å². The van der Waals surface area contributed by atoms with Crippen molar-refractivity contribution < 1.29 is 19.2 Å². The lowest BCUT2D eigenvalue weighted by Crippen LogP contribution is -2.25. The first kappa shape index (κ1) is 14.3. The van der Waals surface area contributed by atoms with Crippen molar-refractivity contribution in [2.45, 2.75) is 6.42 Å². The Morgan fingerprint density at radius 3 is 2.75 bits per heavy atom. The number of halogens is 1. The van der Waals surface area contributed by atoms with Gasteiger partial charge in [-0.15, -0.1) is 0 Å². The predicted molar refractivity (Wildman–Crippen MR) is 71.0 cm³/mol. The molecule has 1 amide bonds. The molecule has 8 heteroatoms. The van der Waals surface area contributed by atoms with Gasteiger partial charge in [-0.2, -0.15) is 0 Å². The van der Waals surface area contributed by atoms with E-state index >= 15 is 0 Å². The summed E-state index contributed by atoms with van der Waals surface area (Å²) in [5.74, 6) is -0.760. The maximum Gasteiger partial charge on any atom is 0.312 e. The van der Waals surface area contributed by atoms with Crippen LogP contribution in [0.2, 0.25) is 0 Å². The molecular formula is C12H11ClN2O5. The maximum absolute atomic E-state index is 11.8. The molecule has 0 saturated carbocycles. The SMILES string of the molecule is COc1ccc(N2C[C@@H](C(=O)Cl)CC2=O)cc1[N+](=O)[O-]. The molecule has 1 aromatic carbocycles. The summed E-state index contributed by atoms with van der Waals surface area (Å²) >= 11 is 5.39. The van der Waals surface area contributed by atoms with Crippen molar-refractivity contribution in [2.24, 2.45) is 5.92 Å². The number of carbonyl (C=O) groups excluding carboxylic acids is 2. The largest absolute Gasteiger partial charge is 0.490 e. The number of benzene rings is 1. The van der Waals surface area contributed by atoms with E-state index < -0.39 is 16.1 Å². The highest BCUT2D eigenvalue weighted by molar-refractivity contribution is 6.64. The number of methoxy groups -OCH3 is 1. The van der Waals surface area contributed by atoms with Crippen LogP contribution in [0.4, 0.5) is 11.4 Å². The van der Waals surface area contributed by atoms with Crippen LogP contribution >= 0.6 is 11.6 Å². The molecule has 1 fully saturated rings. The molecule has 1 aromatic rings. The fourth-order valence-electron chi connectivity index (χ4n) is 2.10. The maximum atomic E-state index is 11.8. The molecule has 1 atom stereocenters. The molecule has 0 aromatic heterocycles. The summed E-state index contributed by atoms with van der Waals surface area (Å²) in [5, 5.41) is 10.4. The van der Waals surface area contributed by atoms with Gasteiger partial charge in [0, 0.05) is 19.0 Å². The van der Waals surface area contributed by atoms with Gasteiger partial charge in [-0.3, -0.25) is 19.7 Å². The van der Waals surface area contributed by atoms with Crippen LogP contribution in [-0.2, 0) is 9.59 Å². The molecular weight excluding hydrogens is 288 g/mol. The Bertz CT molecular complexity index is 589. The Morgan fingerprint density at radius 2 is 2.25 bits per heavy atom. The van der Waals surface area contributed by atoms with Gasteiger partial charge in [0.05, 0.1) is 23.6 Å². The third-order valence-corrected chi connectivity index (χ3v) is 3.43. The zero-order chi connectivity index (χ0) is 14.9. The fraction of sp³-hybridized carbons (Fsp3) is 0.333. The van der Waals surface area contributed by atoms with Crippen molar-refractivity contribution >= 4 is 34.1 Å². The summed E-state index contributed by atoms with van der Waals surface area (Å²) in [6, 6.07) is 4.19. The van der Waals surface area contributed by atoms with Gasteiger partial charge in [0.2, 0.25) is 11.1 Å². The van der Waals surface area contributed by atoms with Gasteiger partial charge in [-0.25, -0.2) is 0 Å². The number of nitro benzene ring substituents is 1. The summed E-state index contributed by atoms with van der Waals surface area (Å²) in [7, 11) is 1.32. The van der Waals surface area contributed by atoms with Crippen LogP contribution < -0.4 is 9.64 Å². The molecule has 0 spiro atoms. The Morgan fingerprint density at radius 1 is 1.55 bits per heavy atom. The van der Waals surface area contributed by atoms with E-state index in [1.165, 1.54) is 30.2 Å². The molecule has 0 radical (unpaired) electrons. The van der Waals surface area contributed by atoms with Gasteiger partial charge in [0.15, 0.2) is 5.75 Å². The van der Waals surface area contributed by atoms with Gasteiger partial charge in [-0.1, -0.05) is 0 Å². The quantitative estimate of drug-likeness (QED) is 0.479. The van der Waals surface area contributed by atoms with E-state index in [1.807, 2.05) is 0 Å². The first-order valence-electron chi connectivity index (χ1n) is 5.76. The van der Waals surface area contributed by atoms with Crippen LogP contribution in [0.5, 0.6) is 5.75 Å². The number of hydrogen-bond acceptors (Lipinski definition) is 5. The summed E-state index contributed by atoms with van der Waals surface area (Å²) in [6.07, 6.45) is 0.0160. The van der Waals surface area contributed by atoms with Crippen LogP contribution in [0.25, 0.3) is 0 Å². The second kappa shape index (κ2) is 5.46. The average Bonchev–Trinajstić information content (AvgIpc) is 2.80. The number of nitro groups is 1. The average molecular weight is 299 g/mol. The molecule has 1 aliphatic heterocycles. The zero-order valence-electron chi connectivity index (χ0n) is 10.5. The monoisotopic (exact) mass is 298 g/mol. The topological polar surface area (TPSA) is 89.8 Å². The van der Waals surface area contributed by atoms with Gasteiger partial charge in [0.25, 0.3) is 0 Å². The van der Waals surface area contributed by atoms with Crippen LogP contribution in [-0.4, -0.2) is 29.7 Å². The van der Waals surface area contributed by atoms with Crippen molar-refractivity contribution in [1.29, 1.82) is 0 Å². The van der Waals surface area contributed by atoms with E-state index in [1.54, 1.807) is 0 Å². The lowest BCUT2D eigenvalue weighted by molar-refractivity contribution is -0.385. The molecule has 20 heavy (non-hydrogen) atoms. The van der Waals surface area contributed by atoms with Crippen molar-refractivity contribution in [3.05, 3.63) is 28.3 Å². The standard InChI is InChI=1S/C12H11ClN2O5/c1-20-10-3-2-8(5-9(10)15(18)19)14-6-7(12(13)17)4-11(14)16/h2-3,5,7H,4,6H2,1H3/t7-/m0/s1. The van der Waals surface area contributed by atoms with E-state index in [-0.39, 0.29) is 30.3 Å². The minimum Gasteiger partial charge on any atom is -0.490 e. The summed E-state index contributed by atoms with van der Waals surface area (Å²) in [5.41, 5.74) is 0.112. The Labute approximate surface area is 119 Å². The second-order valence-corrected chi connectivity index (χ2v) is 4.70. The summed E-state index contributed by atoms with van der Waals surface area (Å²) < 4.78 is 4.89. The van der Waals surface area contributed by atoms with E-state index in [0.717, 1.165) is 0 Å². The van der Waals surface area contributed by atoms with Crippen molar-refractivity contribution in [2.75, 3.05) is 18.6 Å². The minimum absolute atomic E-state index is 0.0160. The van der Waals surface area contributed by atoms with Gasteiger partial charge < -0.3 is 9.64 Å². The van der Waals surface area contributed by atoms with E-state index in [0.29, 0.717) is 5.69 Å². The lowest BCUT2D eigenvalue weighted by Gasteiger charge is -2.16. The van der Waals surface area contributed by atoms with Crippen LogP contribution in [0.3, 0.4) is 0 Å². The molecule has 1 aliphatic rings. The molecule has 1 heterocycles. The fourth-order valence-corrected chi connectivity index (χ4v) is 2.24. The van der Waals surface area contributed by atoms with Crippen molar-refractivity contribution in [3.8, 4) is 5.75 Å².